The summed E-state index contributed by atoms with van der Waals surface area (Å²) in [6.07, 6.45) is -0.157. The molecule has 2 unspecified atom stereocenters. The van der Waals surface area contributed by atoms with E-state index in [-0.39, 0.29) is 26.1 Å². The minimum atomic E-state index is -4.06. The van der Waals surface area contributed by atoms with Gasteiger partial charge in [-0.05, 0) is 35.2 Å². The van der Waals surface area contributed by atoms with E-state index in [1.54, 1.807) is 54.6 Å². The lowest BCUT2D eigenvalue weighted by Gasteiger charge is -2.20. The van der Waals surface area contributed by atoms with Crippen molar-refractivity contribution in [2.24, 2.45) is 0 Å². The maximum absolute atomic E-state index is 13.5. The van der Waals surface area contributed by atoms with Crippen LogP contribution in [0.3, 0.4) is 0 Å². The molecule has 0 spiro atoms. The molecule has 178 valence electrons. The van der Waals surface area contributed by atoms with E-state index in [1.807, 2.05) is 30.3 Å². The molecule has 1 saturated heterocycles. The summed E-state index contributed by atoms with van der Waals surface area (Å²) in [5, 5.41) is -0.983. The van der Waals surface area contributed by atoms with Gasteiger partial charge in [0.2, 0.25) is 0 Å². The third-order valence-corrected chi connectivity index (χ3v) is 8.04. The largest absolute Gasteiger partial charge is 0.530 e. The lowest BCUT2D eigenvalue weighted by Crippen LogP contribution is -2.18. The van der Waals surface area contributed by atoms with Crippen LogP contribution in [0, 0.1) is 0 Å². The quantitative estimate of drug-likeness (QED) is 0.288. The molecule has 0 aromatic heterocycles. The van der Waals surface area contributed by atoms with E-state index >= 15 is 0 Å². The van der Waals surface area contributed by atoms with Crippen molar-refractivity contribution >= 4 is 23.9 Å². The van der Waals surface area contributed by atoms with Gasteiger partial charge in [-0.15, -0.1) is 0 Å². The SMILES string of the molecule is O=C1CC(Cc2ccccc2COP(=O)(OCc2ccccc2)Oc2ccccc2)S(=O)(=O)O1. The molecule has 0 saturated carbocycles. The third-order valence-electron chi connectivity index (χ3n) is 5.15. The molecule has 3 aromatic rings. The first-order valence-electron chi connectivity index (χ1n) is 10.5. The van der Waals surface area contributed by atoms with Gasteiger partial charge >= 0.3 is 23.9 Å². The first-order chi connectivity index (χ1) is 16.3. The highest BCUT2D eigenvalue weighted by Crippen LogP contribution is 2.51. The summed E-state index contributed by atoms with van der Waals surface area (Å²) in [5.41, 5.74) is 2.01. The summed E-state index contributed by atoms with van der Waals surface area (Å²) in [4.78, 5) is 11.5. The van der Waals surface area contributed by atoms with E-state index in [2.05, 4.69) is 4.18 Å². The lowest BCUT2D eigenvalue weighted by molar-refractivity contribution is -0.132. The van der Waals surface area contributed by atoms with Crippen molar-refractivity contribution in [2.45, 2.75) is 31.3 Å². The fourth-order valence-corrected chi connectivity index (χ4v) is 5.76. The van der Waals surface area contributed by atoms with E-state index in [1.165, 1.54) is 0 Å². The van der Waals surface area contributed by atoms with Crippen molar-refractivity contribution < 1.29 is 35.5 Å². The third kappa shape index (κ3) is 6.33. The Labute approximate surface area is 198 Å². The molecule has 1 heterocycles. The van der Waals surface area contributed by atoms with Gasteiger partial charge in [0.25, 0.3) is 0 Å². The van der Waals surface area contributed by atoms with Crippen molar-refractivity contribution in [1.82, 2.24) is 0 Å². The van der Waals surface area contributed by atoms with Crippen molar-refractivity contribution in [3.63, 3.8) is 0 Å². The van der Waals surface area contributed by atoms with Gasteiger partial charge in [0.15, 0.2) is 0 Å². The van der Waals surface area contributed by atoms with Crippen LogP contribution in [-0.2, 0) is 52.3 Å². The number of para-hydroxylation sites is 1. The van der Waals surface area contributed by atoms with Gasteiger partial charge < -0.3 is 8.71 Å². The summed E-state index contributed by atoms with van der Waals surface area (Å²) in [7, 11) is -8.03. The van der Waals surface area contributed by atoms with Crippen LogP contribution in [-0.4, -0.2) is 19.6 Å². The summed E-state index contributed by atoms with van der Waals surface area (Å²) in [6, 6.07) is 24.7. The van der Waals surface area contributed by atoms with E-state index < -0.39 is 29.2 Å². The molecule has 1 aliphatic rings. The van der Waals surface area contributed by atoms with Gasteiger partial charge in [0.1, 0.15) is 11.0 Å². The minimum absolute atomic E-state index is 0.00632. The molecule has 4 rings (SSSR count). The zero-order chi connectivity index (χ0) is 24.0. The Bertz CT molecular complexity index is 1280. The van der Waals surface area contributed by atoms with Crippen LogP contribution >= 0.6 is 7.82 Å². The average Bonchev–Trinajstić information content (AvgIpc) is 3.09. The maximum Gasteiger partial charge on any atom is 0.530 e. The van der Waals surface area contributed by atoms with Gasteiger partial charge in [0.05, 0.1) is 19.6 Å². The van der Waals surface area contributed by atoms with Crippen LogP contribution in [0.1, 0.15) is 23.1 Å². The zero-order valence-electron chi connectivity index (χ0n) is 18.1. The van der Waals surface area contributed by atoms with Crippen molar-refractivity contribution in [3.8, 4) is 5.75 Å². The van der Waals surface area contributed by atoms with Gasteiger partial charge in [-0.3, -0.25) is 13.8 Å². The summed E-state index contributed by atoms with van der Waals surface area (Å²) < 4.78 is 59.0. The van der Waals surface area contributed by atoms with E-state index in [0.717, 1.165) is 5.56 Å². The monoisotopic (exact) mass is 502 g/mol. The van der Waals surface area contributed by atoms with Crippen molar-refractivity contribution in [2.75, 3.05) is 0 Å². The normalized spacial score (nSPS) is 18.7. The Kier molecular flexibility index (Phi) is 7.48. The Balaban J connectivity index is 1.51. The molecule has 34 heavy (non-hydrogen) atoms. The number of benzene rings is 3. The Morgan fingerprint density at radius 1 is 0.824 bits per heavy atom. The predicted molar refractivity (Wildman–Crippen MR) is 124 cm³/mol. The van der Waals surface area contributed by atoms with Gasteiger partial charge in [-0.2, -0.15) is 8.42 Å². The second kappa shape index (κ2) is 10.5. The van der Waals surface area contributed by atoms with Gasteiger partial charge in [-0.1, -0.05) is 72.8 Å². The molecule has 2 atom stereocenters. The first-order valence-corrected chi connectivity index (χ1v) is 13.5. The van der Waals surface area contributed by atoms with Crippen LogP contribution in [0.4, 0.5) is 0 Å². The smallest absolute Gasteiger partial charge is 0.404 e. The van der Waals surface area contributed by atoms with Crippen molar-refractivity contribution in [1.29, 1.82) is 0 Å². The Morgan fingerprint density at radius 2 is 1.41 bits per heavy atom. The van der Waals surface area contributed by atoms with Crippen LogP contribution < -0.4 is 4.52 Å². The zero-order valence-corrected chi connectivity index (χ0v) is 19.8. The molecule has 0 amide bonds. The molecule has 8 nitrogen and oxygen atoms in total. The first kappa shape index (κ1) is 24.2. The molecule has 0 aliphatic carbocycles. The number of phosphoric acid groups is 1. The summed E-state index contributed by atoms with van der Waals surface area (Å²) >= 11 is 0. The molecule has 1 aliphatic heterocycles. The van der Waals surface area contributed by atoms with E-state index in [4.69, 9.17) is 13.6 Å². The predicted octanol–water partition coefficient (Wildman–Crippen LogP) is 4.79. The van der Waals surface area contributed by atoms with Gasteiger partial charge in [-0.25, -0.2) is 4.57 Å². The number of hydrogen-bond acceptors (Lipinski definition) is 8. The highest BCUT2D eigenvalue weighted by atomic mass is 32.2. The topological polar surface area (TPSA) is 105 Å². The number of phosphoric ester groups is 1. The van der Waals surface area contributed by atoms with Gasteiger partial charge in [0, 0.05) is 0 Å². The fraction of sp³-hybridized carbons (Fsp3) is 0.208. The molecule has 0 bridgehead atoms. The van der Waals surface area contributed by atoms with Crippen LogP contribution in [0.2, 0.25) is 0 Å². The summed E-state index contributed by atoms with van der Waals surface area (Å²) in [5.74, 6) is -0.450. The molecule has 3 aromatic carbocycles. The standard InChI is InChI=1S/C24H23O8PS/c25-24-16-23(34(27,28)32-24)15-20-11-7-8-12-21(20)18-30-33(26,31-22-13-5-2-6-14-22)29-17-19-9-3-1-4-10-19/h1-14,23H,15-18H2. The number of rotatable bonds is 10. The van der Waals surface area contributed by atoms with Crippen LogP contribution in [0.15, 0.2) is 84.9 Å². The lowest BCUT2D eigenvalue weighted by atomic mass is 10.0. The molecule has 10 heteroatoms. The number of carbonyl (C=O) groups is 1. The number of carbonyl (C=O) groups excluding carboxylic acids is 1. The van der Waals surface area contributed by atoms with E-state index in [9.17, 15) is 17.8 Å². The molecule has 0 N–H and O–H groups in total. The minimum Gasteiger partial charge on any atom is -0.404 e. The van der Waals surface area contributed by atoms with Crippen molar-refractivity contribution in [3.05, 3.63) is 102 Å². The highest BCUT2D eigenvalue weighted by molar-refractivity contribution is 7.88. The van der Waals surface area contributed by atoms with Crippen LogP contribution in [0.25, 0.3) is 0 Å². The fourth-order valence-electron chi connectivity index (χ4n) is 3.41. The Hall–Kier alpha value is -2.97. The van der Waals surface area contributed by atoms with E-state index in [0.29, 0.717) is 16.9 Å². The number of hydrogen-bond donors (Lipinski definition) is 0. The highest BCUT2D eigenvalue weighted by Gasteiger charge is 2.39. The Morgan fingerprint density at radius 3 is 2.06 bits per heavy atom. The average molecular weight is 502 g/mol. The second-order valence-electron chi connectivity index (χ2n) is 7.63. The molecule has 1 fully saturated rings. The second-order valence-corrected chi connectivity index (χ2v) is 11.0. The molecular formula is C24H23O8PS. The molecular weight excluding hydrogens is 479 g/mol. The summed E-state index contributed by atoms with van der Waals surface area (Å²) in [6.45, 7) is -0.150. The molecule has 0 radical (unpaired) electrons. The van der Waals surface area contributed by atoms with Crippen LogP contribution in [0.5, 0.6) is 5.75 Å². The maximum atomic E-state index is 13.5.